The Morgan fingerprint density at radius 1 is 1.29 bits per heavy atom. The fraction of sp³-hybridized carbons (Fsp3) is 0.435. The number of fused-ring (bicyclic) bond motifs is 1. The molecular formula is C23H28FN5O2. The molecular weight excluding hydrogens is 397 g/mol. The predicted molar refractivity (Wildman–Crippen MR) is 116 cm³/mol. The number of benzene rings is 1. The molecule has 1 N–H and O–H groups in total. The summed E-state index contributed by atoms with van der Waals surface area (Å²) >= 11 is 0. The second kappa shape index (κ2) is 7.92. The minimum absolute atomic E-state index is 0.0457. The van der Waals surface area contributed by atoms with Crippen LogP contribution in [0.2, 0.25) is 0 Å². The van der Waals surface area contributed by atoms with Crippen LogP contribution in [-0.2, 0) is 16.8 Å². The van der Waals surface area contributed by atoms with Crippen molar-refractivity contribution in [2.24, 2.45) is 0 Å². The molecule has 1 unspecified atom stereocenters. The van der Waals surface area contributed by atoms with Crippen molar-refractivity contribution < 1.29 is 14.3 Å². The zero-order chi connectivity index (χ0) is 22.3. The van der Waals surface area contributed by atoms with Crippen molar-refractivity contribution in [3.8, 4) is 5.69 Å². The zero-order valence-electron chi connectivity index (χ0n) is 18.3. The Morgan fingerprint density at radius 2 is 2.00 bits per heavy atom. The molecule has 0 saturated carbocycles. The lowest BCUT2D eigenvalue weighted by molar-refractivity contribution is -0.122. The topological polar surface area (TPSA) is 76.2 Å². The van der Waals surface area contributed by atoms with Gasteiger partial charge >= 0.3 is 0 Å². The lowest BCUT2D eigenvalue weighted by atomic mass is 10.1. The molecule has 3 heterocycles. The number of amides is 1. The number of hydrogen-bond acceptors (Lipinski definition) is 4. The van der Waals surface area contributed by atoms with Gasteiger partial charge in [0.1, 0.15) is 17.5 Å². The van der Waals surface area contributed by atoms with E-state index in [9.17, 15) is 14.3 Å². The first kappa shape index (κ1) is 21.2. The first-order chi connectivity index (χ1) is 14.7. The number of carbonyl (C=O) groups excluding carboxylic acids is 1. The Hall–Kier alpha value is -3.00. The third-order valence-electron chi connectivity index (χ3n) is 5.79. The molecule has 1 atom stereocenters. The van der Waals surface area contributed by atoms with Crippen LogP contribution in [0.25, 0.3) is 5.69 Å². The van der Waals surface area contributed by atoms with Crippen LogP contribution < -0.4 is 4.90 Å². The van der Waals surface area contributed by atoms with Gasteiger partial charge in [0, 0.05) is 12.2 Å². The maximum absolute atomic E-state index is 13.6. The molecule has 0 saturated heterocycles. The number of carbonyl (C=O) groups is 1. The minimum Gasteiger partial charge on any atom is -0.384 e. The summed E-state index contributed by atoms with van der Waals surface area (Å²) in [6.07, 6.45) is 3.89. The fourth-order valence-corrected chi connectivity index (χ4v) is 4.12. The summed E-state index contributed by atoms with van der Waals surface area (Å²) in [7, 11) is 0. The number of halogens is 1. The second-order valence-electron chi connectivity index (χ2n) is 8.56. The number of anilines is 1. The minimum atomic E-state index is -1.08. The van der Waals surface area contributed by atoms with Gasteiger partial charge in [0.2, 0.25) is 0 Å². The Bertz CT molecular complexity index is 1090. The highest BCUT2D eigenvalue weighted by atomic mass is 19.1. The van der Waals surface area contributed by atoms with Gasteiger partial charge in [0.15, 0.2) is 0 Å². The number of hydrogen-bond donors (Lipinski definition) is 1. The summed E-state index contributed by atoms with van der Waals surface area (Å²) in [6.45, 7) is 7.83. The van der Waals surface area contributed by atoms with E-state index in [1.807, 2.05) is 19.9 Å². The highest BCUT2D eigenvalue weighted by Crippen LogP contribution is 2.32. The van der Waals surface area contributed by atoms with E-state index < -0.39 is 11.6 Å². The van der Waals surface area contributed by atoms with Gasteiger partial charge in [-0.05, 0) is 70.4 Å². The summed E-state index contributed by atoms with van der Waals surface area (Å²) in [5.74, 6) is -0.344. The van der Waals surface area contributed by atoms with Crippen LogP contribution in [0.3, 0.4) is 0 Å². The lowest BCUT2D eigenvalue weighted by Gasteiger charge is -2.31. The first-order valence-electron chi connectivity index (χ1n) is 10.6. The second-order valence-corrected chi connectivity index (χ2v) is 8.56. The lowest BCUT2D eigenvalue weighted by Crippen LogP contribution is -2.41. The summed E-state index contributed by atoms with van der Waals surface area (Å²) in [5.41, 5.74) is 2.78. The van der Waals surface area contributed by atoms with E-state index in [-0.39, 0.29) is 11.7 Å². The smallest absolute Gasteiger partial charge is 0.251 e. The van der Waals surface area contributed by atoms with E-state index in [4.69, 9.17) is 0 Å². The van der Waals surface area contributed by atoms with Crippen LogP contribution in [0.4, 0.5) is 10.1 Å². The van der Waals surface area contributed by atoms with Crippen molar-refractivity contribution >= 4 is 11.6 Å². The summed E-state index contributed by atoms with van der Waals surface area (Å²) in [6, 6.07) is 7.53. The highest BCUT2D eigenvalue weighted by molar-refractivity contribution is 5.97. The van der Waals surface area contributed by atoms with E-state index in [1.54, 1.807) is 46.4 Å². The molecule has 1 aromatic carbocycles. The van der Waals surface area contributed by atoms with Crippen molar-refractivity contribution in [1.82, 2.24) is 19.6 Å². The molecule has 0 radical (unpaired) electrons. The van der Waals surface area contributed by atoms with Gasteiger partial charge in [0.25, 0.3) is 5.91 Å². The van der Waals surface area contributed by atoms with Gasteiger partial charge in [0.05, 0.1) is 29.0 Å². The van der Waals surface area contributed by atoms with Crippen molar-refractivity contribution in [1.29, 1.82) is 0 Å². The average molecular weight is 426 g/mol. The molecule has 7 nitrogen and oxygen atoms in total. The maximum atomic E-state index is 13.6. The summed E-state index contributed by atoms with van der Waals surface area (Å²) in [4.78, 5) is 15.4. The van der Waals surface area contributed by atoms with Gasteiger partial charge in [-0.1, -0.05) is 6.92 Å². The monoisotopic (exact) mass is 425 g/mol. The molecule has 2 aromatic heterocycles. The van der Waals surface area contributed by atoms with Crippen LogP contribution in [0.5, 0.6) is 0 Å². The van der Waals surface area contributed by atoms with Crippen LogP contribution >= 0.6 is 0 Å². The van der Waals surface area contributed by atoms with Gasteiger partial charge < -0.3 is 10.0 Å². The molecule has 8 heteroatoms. The van der Waals surface area contributed by atoms with E-state index in [1.165, 1.54) is 12.1 Å². The van der Waals surface area contributed by atoms with Crippen LogP contribution in [-0.4, -0.2) is 37.1 Å². The number of aromatic nitrogens is 4. The Kier molecular flexibility index (Phi) is 5.43. The molecule has 1 aliphatic rings. The van der Waals surface area contributed by atoms with E-state index in [0.717, 1.165) is 35.6 Å². The molecule has 0 fully saturated rings. The average Bonchev–Trinajstić information content (AvgIpc) is 3.33. The molecule has 4 rings (SSSR count). The van der Waals surface area contributed by atoms with E-state index >= 15 is 0 Å². The zero-order valence-corrected chi connectivity index (χ0v) is 18.3. The van der Waals surface area contributed by atoms with Crippen molar-refractivity contribution in [3.05, 3.63) is 59.4 Å². The van der Waals surface area contributed by atoms with Gasteiger partial charge in [-0.15, -0.1) is 0 Å². The Morgan fingerprint density at radius 3 is 2.61 bits per heavy atom. The van der Waals surface area contributed by atoms with Crippen molar-refractivity contribution in [2.45, 2.75) is 58.6 Å². The molecule has 31 heavy (non-hydrogen) atoms. The Balaban J connectivity index is 1.67. The van der Waals surface area contributed by atoms with Crippen molar-refractivity contribution in [3.63, 3.8) is 0 Å². The van der Waals surface area contributed by atoms with Crippen molar-refractivity contribution in [2.75, 3.05) is 11.4 Å². The number of nitrogens with zero attached hydrogens (tertiary/aromatic N) is 5. The fourth-order valence-electron chi connectivity index (χ4n) is 4.12. The summed E-state index contributed by atoms with van der Waals surface area (Å²) in [5, 5.41) is 19.4. The molecule has 0 bridgehead atoms. The first-order valence-corrected chi connectivity index (χ1v) is 10.6. The van der Waals surface area contributed by atoms with Gasteiger partial charge in [-0.2, -0.15) is 10.2 Å². The SMILES string of the molecule is CCC(C(=O)N1CCCc2c1cnn2-c1ccc(F)cc1)n1nc(C(C)(C)O)cc1C. The standard InChI is InChI=1S/C23H28FN5O2/c1-5-18(28-15(2)13-21(26-28)23(3,4)31)22(30)27-12-6-7-19-20(27)14-25-29(19)17-10-8-16(24)9-11-17/h8-11,13-14,18,31H,5-7,12H2,1-4H3. The number of rotatable bonds is 5. The molecule has 1 aliphatic heterocycles. The number of aliphatic hydroxyl groups is 1. The third kappa shape index (κ3) is 3.87. The van der Waals surface area contributed by atoms with Crippen LogP contribution in [0.15, 0.2) is 36.5 Å². The number of aryl methyl sites for hydroxylation is 1. The molecule has 164 valence electrons. The molecule has 0 aliphatic carbocycles. The molecule has 0 spiro atoms. The highest BCUT2D eigenvalue weighted by Gasteiger charge is 2.33. The van der Waals surface area contributed by atoms with E-state index in [0.29, 0.717) is 18.7 Å². The van der Waals surface area contributed by atoms with Gasteiger partial charge in [-0.25, -0.2) is 9.07 Å². The predicted octanol–water partition coefficient (Wildman–Crippen LogP) is 3.67. The largest absolute Gasteiger partial charge is 0.384 e. The molecule has 1 amide bonds. The molecule has 3 aromatic rings. The van der Waals surface area contributed by atoms with Gasteiger partial charge in [-0.3, -0.25) is 9.48 Å². The van der Waals surface area contributed by atoms with Crippen LogP contribution in [0, 0.1) is 12.7 Å². The quantitative estimate of drug-likeness (QED) is 0.677. The third-order valence-corrected chi connectivity index (χ3v) is 5.79. The maximum Gasteiger partial charge on any atom is 0.251 e. The van der Waals surface area contributed by atoms with Crippen LogP contribution in [0.1, 0.15) is 56.7 Å². The van der Waals surface area contributed by atoms with E-state index in [2.05, 4.69) is 10.2 Å². The normalized spacial score (nSPS) is 15.1. The Labute approximate surface area is 181 Å². The summed E-state index contributed by atoms with van der Waals surface area (Å²) < 4.78 is 16.8.